The lowest BCUT2D eigenvalue weighted by Gasteiger charge is -2.15. The fourth-order valence-corrected chi connectivity index (χ4v) is 4.42. The molecule has 0 fully saturated rings. The second-order valence-corrected chi connectivity index (χ2v) is 7.88. The van der Waals surface area contributed by atoms with E-state index in [1.807, 2.05) is 54.6 Å². The van der Waals surface area contributed by atoms with Crippen molar-refractivity contribution < 1.29 is 19.4 Å². The summed E-state index contributed by atoms with van der Waals surface area (Å²) in [5, 5.41) is 12.3. The van der Waals surface area contributed by atoms with Gasteiger partial charge in [0.15, 0.2) is 0 Å². The average Bonchev–Trinajstić information content (AvgIpc) is 3.17. The Hall–Kier alpha value is -4.38. The summed E-state index contributed by atoms with van der Waals surface area (Å²) in [5.74, 6) is -1.06. The second-order valence-electron chi connectivity index (χ2n) is 7.88. The molecule has 162 valence electrons. The molecule has 1 aliphatic rings. The van der Waals surface area contributed by atoms with Gasteiger partial charge in [-0.05, 0) is 51.6 Å². The van der Waals surface area contributed by atoms with Crippen LogP contribution in [0.5, 0.6) is 0 Å². The van der Waals surface area contributed by atoms with E-state index in [0.29, 0.717) is 11.3 Å². The topological polar surface area (TPSA) is 75.6 Å². The highest BCUT2D eigenvalue weighted by atomic mass is 16.5. The Morgan fingerprint density at radius 3 is 2.00 bits per heavy atom. The third-order valence-corrected chi connectivity index (χ3v) is 5.92. The van der Waals surface area contributed by atoms with Gasteiger partial charge in [0.25, 0.3) is 0 Å². The highest BCUT2D eigenvalue weighted by Gasteiger charge is 2.29. The molecule has 0 heterocycles. The Kier molecular flexibility index (Phi) is 5.37. The third-order valence-electron chi connectivity index (χ3n) is 5.92. The molecule has 5 rings (SSSR count). The molecule has 0 radical (unpaired) electrons. The van der Waals surface area contributed by atoms with E-state index >= 15 is 0 Å². The van der Waals surface area contributed by atoms with Gasteiger partial charge in [0.2, 0.25) is 0 Å². The number of carbonyl (C=O) groups is 2. The molecule has 0 bridgehead atoms. The maximum Gasteiger partial charge on any atom is 0.411 e. The van der Waals surface area contributed by atoms with Crippen LogP contribution < -0.4 is 5.32 Å². The Morgan fingerprint density at radius 2 is 1.36 bits per heavy atom. The van der Waals surface area contributed by atoms with Gasteiger partial charge < -0.3 is 9.84 Å². The maximum absolute atomic E-state index is 12.6. The summed E-state index contributed by atoms with van der Waals surface area (Å²) in [5.41, 5.74) is 6.53. The summed E-state index contributed by atoms with van der Waals surface area (Å²) in [7, 11) is 0. The van der Waals surface area contributed by atoms with E-state index in [0.717, 1.165) is 16.7 Å². The monoisotopic (exact) mass is 435 g/mol. The first kappa shape index (κ1) is 20.5. The van der Waals surface area contributed by atoms with Crippen molar-refractivity contribution in [2.75, 3.05) is 11.9 Å². The molecule has 2 N–H and O–H groups in total. The smallest absolute Gasteiger partial charge is 0.411 e. The molecular weight excluding hydrogens is 414 g/mol. The van der Waals surface area contributed by atoms with Crippen LogP contribution in [0.2, 0.25) is 0 Å². The fourth-order valence-electron chi connectivity index (χ4n) is 4.42. The van der Waals surface area contributed by atoms with Crippen molar-refractivity contribution in [1.82, 2.24) is 0 Å². The van der Waals surface area contributed by atoms with E-state index < -0.39 is 12.1 Å². The van der Waals surface area contributed by atoms with Gasteiger partial charge >= 0.3 is 12.1 Å². The molecule has 0 saturated carbocycles. The van der Waals surface area contributed by atoms with Crippen molar-refractivity contribution >= 4 is 17.7 Å². The maximum atomic E-state index is 12.6. The van der Waals surface area contributed by atoms with E-state index in [4.69, 9.17) is 4.74 Å². The number of fused-ring (bicyclic) bond motifs is 3. The van der Waals surface area contributed by atoms with Gasteiger partial charge in [-0.25, -0.2) is 9.59 Å². The number of carboxylic acid groups (broad SMARTS) is 1. The normalized spacial score (nSPS) is 12.0. The van der Waals surface area contributed by atoms with Crippen LogP contribution in [0.4, 0.5) is 10.5 Å². The van der Waals surface area contributed by atoms with Crippen LogP contribution in [-0.2, 0) is 4.74 Å². The van der Waals surface area contributed by atoms with Crippen molar-refractivity contribution in [2.45, 2.75) is 5.92 Å². The highest BCUT2D eigenvalue weighted by Crippen LogP contribution is 2.44. The van der Waals surface area contributed by atoms with Gasteiger partial charge in [0.1, 0.15) is 6.61 Å². The predicted octanol–water partition coefficient (Wildman–Crippen LogP) is 6.41. The Labute approximate surface area is 191 Å². The number of nitrogens with one attached hydrogen (secondary N) is 1. The molecular formula is C28H21NO4. The summed E-state index contributed by atoms with van der Waals surface area (Å²) in [6, 6.07) is 30.2. The number of hydrogen-bond donors (Lipinski definition) is 2. The summed E-state index contributed by atoms with van der Waals surface area (Å²) in [6.45, 7) is 0.207. The molecule has 0 unspecified atom stereocenters. The largest absolute Gasteiger partial charge is 0.478 e. The number of carbonyl (C=O) groups excluding carboxylic acids is 1. The van der Waals surface area contributed by atoms with Gasteiger partial charge in [-0.3, -0.25) is 5.32 Å². The number of anilines is 1. The van der Waals surface area contributed by atoms with Gasteiger partial charge in [-0.15, -0.1) is 0 Å². The Morgan fingerprint density at radius 1 is 0.758 bits per heavy atom. The molecule has 33 heavy (non-hydrogen) atoms. The zero-order valence-corrected chi connectivity index (χ0v) is 17.7. The number of benzene rings is 4. The number of ether oxygens (including phenoxy) is 1. The minimum Gasteiger partial charge on any atom is -0.478 e. The van der Waals surface area contributed by atoms with Crippen molar-refractivity contribution in [3.05, 3.63) is 114 Å². The molecule has 1 amide bonds. The number of amides is 1. The number of aromatic carboxylic acids is 1. The van der Waals surface area contributed by atoms with E-state index in [-0.39, 0.29) is 18.1 Å². The SMILES string of the molecule is O=C(Nc1ccc(C(=O)O)c(-c2ccccc2)c1)OCC1c2ccccc2-c2ccccc21. The van der Waals surface area contributed by atoms with Gasteiger partial charge in [0.05, 0.1) is 5.56 Å². The molecule has 4 aromatic carbocycles. The van der Waals surface area contributed by atoms with Crippen LogP contribution in [0.1, 0.15) is 27.4 Å². The van der Waals surface area contributed by atoms with E-state index in [9.17, 15) is 14.7 Å². The van der Waals surface area contributed by atoms with Gasteiger partial charge in [-0.2, -0.15) is 0 Å². The summed E-state index contributed by atoms with van der Waals surface area (Å²) in [4.78, 5) is 24.3. The first-order chi connectivity index (χ1) is 16.1. The zero-order chi connectivity index (χ0) is 22.8. The minimum absolute atomic E-state index is 0.0302. The number of hydrogen-bond acceptors (Lipinski definition) is 3. The van der Waals surface area contributed by atoms with Crippen molar-refractivity contribution in [3.8, 4) is 22.3 Å². The van der Waals surface area contributed by atoms with E-state index in [1.165, 1.54) is 17.2 Å². The first-order valence-electron chi connectivity index (χ1n) is 10.7. The second kappa shape index (κ2) is 8.63. The van der Waals surface area contributed by atoms with Crippen LogP contribution in [0.15, 0.2) is 97.1 Å². The van der Waals surface area contributed by atoms with Crippen LogP contribution >= 0.6 is 0 Å². The molecule has 4 aromatic rings. The fraction of sp³-hybridized carbons (Fsp3) is 0.0714. The molecule has 1 aliphatic carbocycles. The third kappa shape index (κ3) is 3.96. The molecule has 0 saturated heterocycles. The minimum atomic E-state index is -1.03. The summed E-state index contributed by atoms with van der Waals surface area (Å²) < 4.78 is 5.60. The molecule has 0 aliphatic heterocycles. The van der Waals surface area contributed by atoms with Crippen LogP contribution in [0, 0.1) is 0 Å². The van der Waals surface area contributed by atoms with Gasteiger partial charge in [0, 0.05) is 11.6 Å². The summed E-state index contributed by atoms with van der Waals surface area (Å²) >= 11 is 0. The molecule has 0 atom stereocenters. The number of rotatable bonds is 5. The molecule has 5 heteroatoms. The van der Waals surface area contributed by atoms with Crippen molar-refractivity contribution in [2.24, 2.45) is 0 Å². The Bertz CT molecular complexity index is 1300. The standard InChI is InChI=1S/C28H21NO4/c30-27(31)24-15-14-19(16-25(24)18-8-2-1-3-9-18)29-28(32)33-17-26-22-12-6-4-10-20(22)21-11-5-7-13-23(21)26/h1-16,26H,17H2,(H,29,32)(H,30,31). The van der Waals surface area contributed by atoms with Crippen LogP contribution in [0.25, 0.3) is 22.3 Å². The van der Waals surface area contributed by atoms with E-state index in [1.54, 1.807) is 12.1 Å². The Balaban J connectivity index is 1.34. The first-order valence-corrected chi connectivity index (χ1v) is 10.7. The molecule has 5 nitrogen and oxygen atoms in total. The van der Waals surface area contributed by atoms with Crippen LogP contribution in [0.3, 0.4) is 0 Å². The summed E-state index contributed by atoms with van der Waals surface area (Å²) in [6.07, 6.45) is -0.584. The highest BCUT2D eigenvalue weighted by molar-refractivity contribution is 5.98. The average molecular weight is 435 g/mol. The van der Waals surface area contributed by atoms with Crippen molar-refractivity contribution in [3.63, 3.8) is 0 Å². The lowest BCUT2D eigenvalue weighted by molar-refractivity contribution is 0.0697. The lowest BCUT2D eigenvalue weighted by Crippen LogP contribution is -2.18. The van der Waals surface area contributed by atoms with E-state index in [2.05, 4.69) is 29.6 Å². The quantitative estimate of drug-likeness (QED) is 0.380. The predicted molar refractivity (Wildman–Crippen MR) is 128 cm³/mol. The van der Waals surface area contributed by atoms with Gasteiger partial charge in [-0.1, -0.05) is 78.9 Å². The molecule has 0 spiro atoms. The van der Waals surface area contributed by atoms with Crippen LogP contribution in [-0.4, -0.2) is 23.8 Å². The lowest BCUT2D eigenvalue weighted by atomic mass is 9.98. The number of carboxylic acids is 1. The van der Waals surface area contributed by atoms with Crippen molar-refractivity contribution in [1.29, 1.82) is 0 Å². The molecule has 0 aromatic heterocycles. The zero-order valence-electron chi connectivity index (χ0n) is 17.7.